The molecule has 1 N–H and O–H groups in total. The van der Waals surface area contributed by atoms with Crippen molar-refractivity contribution in [2.75, 3.05) is 31.2 Å². The summed E-state index contributed by atoms with van der Waals surface area (Å²) in [6, 6.07) is 7.81. The van der Waals surface area contributed by atoms with Crippen molar-refractivity contribution < 1.29 is 14.3 Å². The van der Waals surface area contributed by atoms with Gasteiger partial charge in [-0.25, -0.2) is 0 Å². The third-order valence-corrected chi connectivity index (χ3v) is 6.25. The zero-order valence-corrected chi connectivity index (χ0v) is 16.2. The molecule has 1 aromatic rings. The predicted octanol–water partition coefficient (Wildman–Crippen LogP) is 2.63. The summed E-state index contributed by atoms with van der Waals surface area (Å²) in [6.45, 7) is 3.78. The van der Waals surface area contributed by atoms with Gasteiger partial charge in [-0.15, -0.1) is 0 Å². The summed E-state index contributed by atoms with van der Waals surface area (Å²) in [4.78, 5) is 27.1. The molecule has 0 aromatic heterocycles. The van der Waals surface area contributed by atoms with Crippen LogP contribution in [0.25, 0.3) is 0 Å². The molecular weight excluding hydrogens is 348 g/mol. The van der Waals surface area contributed by atoms with Crippen LogP contribution in [0.15, 0.2) is 24.3 Å². The molecule has 0 saturated carbocycles. The van der Waals surface area contributed by atoms with Crippen molar-refractivity contribution in [3.8, 4) is 0 Å². The Labute approximate surface area is 159 Å². The third kappa shape index (κ3) is 5.01. The first-order valence-electron chi connectivity index (χ1n) is 9.48. The van der Waals surface area contributed by atoms with Gasteiger partial charge >= 0.3 is 0 Å². The number of hydrogen-bond donors (Lipinski definition) is 1. The van der Waals surface area contributed by atoms with Crippen LogP contribution in [-0.2, 0) is 9.53 Å². The number of benzene rings is 1. The summed E-state index contributed by atoms with van der Waals surface area (Å²) in [6.07, 6.45) is 3.68. The first kappa shape index (κ1) is 19.2. The van der Waals surface area contributed by atoms with Gasteiger partial charge in [-0.2, -0.15) is 11.8 Å². The maximum absolute atomic E-state index is 12.8. The van der Waals surface area contributed by atoms with Gasteiger partial charge in [-0.05, 0) is 43.6 Å². The monoisotopic (exact) mass is 376 g/mol. The van der Waals surface area contributed by atoms with Gasteiger partial charge in [0.1, 0.15) is 0 Å². The third-order valence-electron chi connectivity index (χ3n) is 5.11. The highest BCUT2D eigenvalue weighted by molar-refractivity contribution is 7.99. The van der Waals surface area contributed by atoms with Crippen molar-refractivity contribution in [3.63, 3.8) is 0 Å². The van der Waals surface area contributed by atoms with E-state index < -0.39 is 0 Å². The molecule has 3 rings (SSSR count). The van der Waals surface area contributed by atoms with E-state index >= 15 is 0 Å². The van der Waals surface area contributed by atoms with Crippen LogP contribution in [0.5, 0.6) is 0 Å². The van der Waals surface area contributed by atoms with E-state index in [-0.39, 0.29) is 17.9 Å². The first-order valence-corrected chi connectivity index (χ1v) is 10.6. The number of nitrogens with one attached hydrogen (secondary N) is 1. The van der Waals surface area contributed by atoms with Crippen molar-refractivity contribution in [1.82, 2.24) is 10.2 Å². The average Bonchev–Trinajstić information content (AvgIpc) is 3.33. The molecule has 6 heteroatoms. The lowest BCUT2D eigenvalue weighted by atomic mass is 10.1. The fourth-order valence-electron chi connectivity index (χ4n) is 3.58. The fraction of sp³-hybridized carbons (Fsp3) is 0.600. The summed E-state index contributed by atoms with van der Waals surface area (Å²) < 4.78 is 5.74. The van der Waals surface area contributed by atoms with Crippen LogP contribution in [0.4, 0.5) is 0 Å². The molecule has 2 amide bonds. The van der Waals surface area contributed by atoms with Gasteiger partial charge < -0.3 is 15.0 Å². The maximum Gasteiger partial charge on any atom is 0.251 e. The Kier molecular flexibility index (Phi) is 6.97. The Hall–Kier alpha value is -1.53. The lowest BCUT2D eigenvalue weighted by Crippen LogP contribution is -2.45. The Morgan fingerprint density at radius 3 is 2.85 bits per heavy atom. The van der Waals surface area contributed by atoms with Gasteiger partial charge in [0.05, 0.1) is 6.10 Å². The van der Waals surface area contributed by atoms with Crippen LogP contribution >= 0.6 is 11.8 Å². The summed E-state index contributed by atoms with van der Waals surface area (Å²) in [5.74, 6) is 2.13. The van der Waals surface area contributed by atoms with E-state index in [0.717, 1.165) is 42.9 Å². The molecule has 2 unspecified atom stereocenters. The van der Waals surface area contributed by atoms with E-state index in [2.05, 4.69) is 5.32 Å². The minimum atomic E-state index is -0.113. The topological polar surface area (TPSA) is 58.6 Å². The van der Waals surface area contributed by atoms with E-state index in [1.54, 1.807) is 0 Å². The molecule has 1 aromatic carbocycles. The molecule has 2 aliphatic heterocycles. The molecule has 2 atom stereocenters. The Balaban J connectivity index is 1.52. The number of amides is 2. The molecule has 0 bridgehead atoms. The lowest BCUT2D eigenvalue weighted by molar-refractivity contribution is -0.134. The van der Waals surface area contributed by atoms with E-state index in [1.165, 1.54) is 0 Å². The highest BCUT2D eigenvalue weighted by Gasteiger charge is 2.30. The quantitative estimate of drug-likeness (QED) is 0.795. The molecule has 2 aliphatic rings. The lowest BCUT2D eigenvalue weighted by Gasteiger charge is -2.31. The number of thioether (sulfide) groups is 1. The fourth-order valence-corrected chi connectivity index (χ4v) is 4.80. The summed E-state index contributed by atoms with van der Waals surface area (Å²) in [5.41, 5.74) is 1.61. The van der Waals surface area contributed by atoms with Crippen LogP contribution in [0, 0.1) is 6.92 Å². The van der Waals surface area contributed by atoms with Crippen molar-refractivity contribution in [2.45, 2.75) is 44.8 Å². The maximum atomic E-state index is 12.8. The Bertz CT molecular complexity index is 625. The van der Waals surface area contributed by atoms with Crippen LogP contribution < -0.4 is 5.32 Å². The largest absolute Gasteiger partial charge is 0.376 e. The molecule has 26 heavy (non-hydrogen) atoms. The molecule has 5 nitrogen and oxygen atoms in total. The Morgan fingerprint density at radius 2 is 2.15 bits per heavy atom. The van der Waals surface area contributed by atoms with Crippen molar-refractivity contribution in [3.05, 3.63) is 35.4 Å². The van der Waals surface area contributed by atoms with Crippen LogP contribution in [0.3, 0.4) is 0 Å². The minimum Gasteiger partial charge on any atom is -0.376 e. The average molecular weight is 377 g/mol. The number of rotatable bonds is 7. The summed E-state index contributed by atoms with van der Waals surface area (Å²) in [7, 11) is 0. The van der Waals surface area contributed by atoms with Crippen LogP contribution in [0.1, 0.15) is 41.6 Å². The van der Waals surface area contributed by atoms with E-state index in [4.69, 9.17) is 4.74 Å². The van der Waals surface area contributed by atoms with Crippen LogP contribution in [0.2, 0.25) is 0 Å². The van der Waals surface area contributed by atoms with Gasteiger partial charge in [0, 0.05) is 43.5 Å². The van der Waals surface area contributed by atoms with Gasteiger partial charge in [-0.1, -0.05) is 18.2 Å². The normalized spacial score (nSPS) is 22.3. The second-order valence-electron chi connectivity index (χ2n) is 7.02. The van der Waals surface area contributed by atoms with Crippen molar-refractivity contribution in [2.24, 2.45) is 0 Å². The van der Waals surface area contributed by atoms with Gasteiger partial charge in [-0.3, -0.25) is 9.59 Å². The molecule has 0 radical (unpaired) electrons. The van der Waals surface area contributed by atoms with Crippen molar-refractivity contribution >= 4 is 23.6 Å². The highest BCUT2D eigenvalue weighted by Crippen LogP contribution is 2.25. The summed E-state index contributed by atoms with van der Waals surface area (Å²) >= 11 is 1.91. The molecule has 2 heterocycles. The Morgan fingerprint density at radius 1 is 1.31 bits per heavy atom. The number of ether oxygens (including phenoxy) is 1. The predicted molar refractivity (Wildman–Crippen MR) is 105 cm³/mol. The number of carbonyl (C=O) groups excluding carboxylic acids is 2. The molecule has 0 spiro atoms. The number of aryl methyl sites for hydroxylation is 1. The summed E-state index contributed by atoms with van der Waals surface area (Å²) in [5, 5.41) is 2.89. The SMILES string of the molecule is Cc1ccccc1C(=O)NCCC(=O)N(CC1CCCO1)C1CCSC1. The number of nitrogens with zero attached hydrogens (tertiary/aromatic N) is 1. The number of carbonyl (C=O) groups is 2. The molecule has 142 valence electrons. The zero-order valence-electron chi connectivity index (χ0n) is 15.4. The zero-order chi connectivity index (χ0) is 18.4. The standard InChI is InChI=1S/C20H28N2O3S/c1-15-5-2-3-7-18(15)20(24)21-10-8-19(23)22(16-9-12-26-14-16)13-17-6-4-11-25-17/h2-3,5,7,16-17H,4,6,8-14H2,1H3,(H,21,24). The molecule has 2 fully saturated rings. The second kappa shape index (κ2) is 9.42. The van der Waals surface area contributed by atoms with E-state index in [0.29, 0.717) is 31.1 Å². The molecule has 0 aliphatic carbocycles. The minimum absolute atomic E-state index is 0.113. The van der Waals surface area contributed by atoms with Crippen molar-refractivity contribution in [1.29, 1.82) is 0 Å². The molecule has 2 saturated heterocycles. The smallest absolute Gasteiger partial charge is 0.251 e. The van der Waals surface area contributed by atoms with Gasteiger partial charge in [0.25, 0.3) is 5.91 Å². The highest BCUT2D eigenvalue weighted by atomic mass is 32.2. The van der Waals surface area contributed by atoms with E-state index in [9.17, 15) is 9.59 Å². The van der Waals surface area contributed by atoms with Crippen LogP contribution in [-0.4, -0.2) is 60.1 Å². The van der Waals surface area contributed by atoms with Gasteiger partial charge in [0.15, 0.2) is 0 Å². The number of hydrogen-bond acceptors (Lipinski definition) is 4. The van der Waals surface area contributed by atoms with Gasteiger partial charge in [0.2, 0.25) is 5.91 Å². The van der Waals surface area contributed by atoms with E-state index in [1.807, 2.05) is 47.9 Å². The first-order chi connectivity index (χ1) is 12.6. The molecular formula is C20H28N2O3S. The second-order valence-corrected chi connectivity index (χ2v) is 8.17.